The lowest BCUT2D eigenvalue weighted by molar-refractivity contribution is 0.614. The van der Waals surface area contributed by atoms with Gasteiger partial charge in [0.05, 0.1) is 0 Å². The molecule has 4 rings (SSSR count). The van der Waals surface area contributed by atoms with Gasteiger partial charge in [-0.3, -0.25) is 0 Å². The smallest absolute Gasteiger partial charge is 0.0103 e. The van der Waals surface area contributed by atoms with Gasteiger partial charge in [-0.15, -0.1) is 0 Å². The van der Waals surface area contributed by atoms with Gasteiger partial charge >= 0.3 is 0 Å². The molecule has 0 bridgehead atoms. The topological polar surface area (TPSA) is 0 Å². The van der Waals surface area contributed by atoms with Gasteiger partial charge in [0, 0.05) is 0 Å². The third kappa shape index (κ3) is 3.37. The summed E-state index contributed by atoms with van der Waals surface area (Å²) in [6.07, 6.45) is 13.7. The van der Waals surface area contributed by atoms with Crippen LogP contribution in [0.25, 0.3) is 22.9 Å². The summed E-state index contributed by atoms with van der Waals surface area (Å²) in [6.45, 7) is 2.30. The zero-order valence-corrected chi connectivity index (χ0v) is 15.5. The summed E-state index contributed by atoms with van der Waals surface area (Å²) in [7, 11) is 0. The molecular weight excluding hydrogens is 312 g/mol. The van der Waals surface area contributed by atoms with Gasteiger partial charge in [0.2, 0.25) is 0 Å². The molecule has 0 aliphatic heterocycles. The van der Waals surface area contributed by atoms with Crippen molar-refractivity contribution < 1.29 is 0 Å². The molecule has 3 aromatic carbocycles. The Hall–Kier alpha value is -2.60. The summed E-state index contributed by atoms with van der Waals surface area (Å²) < 4.78 is 0. The van der Waals surface area contributed by atoms with Crippen LogP contribution in [0.5, 0.6) is 0 Å². The maximum atomic E-state index is 2.45. The van der Waals surface area contributed by atoms with Crippen LogP contribution in [-0.2, 0) is 6.42 Å². The van der Waals surface area contributed by atoms with Gasteiger partial charge in [0.25, 0.3) is 0 Å². The lowest BCUT2D eigenvalue weighted by Crippen LogP contribution is -2.05. The molecule has 0 amide bonds. The third-order valence-corrected chi connectivity index (χ3v) is 5.41. The monoisotopic (exact) mass is 338 g/mol. The molecule has 130 valence electrons. The summed E-state index contributed by atoms with van der Waals surface area (Å²) in [5.41, 5.74) is 5.67. The van der Waals surface area contributed by atoms with E-state index >= 15 is 0 Å². The van der Waals surface area contributed by atoms with Crippen molar-refractivity contribution in [2.75, 3.05) is 0 Å². The van der Waals surface area contributed by atoms with E-state index < -0.39 is 0 Å². The predicted octanol–water partition coefficient (Wildman–Crippen LogP) is 7.40. The fourth-order valence-electron chi connectivity index (χ4n) is 4.18. The lowest BCUT2D eigenvalue weighted by atomic mass is 9.83. The van der Waals surface area contributed by atoms with Crippen LogP contribution in [0.15, 0.2) is 72.8 Å². The van der Waals surface area contributed by atoms with Crippen molar-refractivity contribution in [2.45, 2.75) is 38.5 Å². The molecule has 0 spiro atoms. The highest BCUT2D eigenvalue weighted by Gasteiger charge is 2.18. The number of fused-ring (bicyclic) bond motifs is 3. The Labute approximate surface area is 156 Å². The molecule has 0 saturated heterocycles. The maximum Gasteiger partial charge on any atom is -0.0103 e. The Morgan fingerprint density at radius 3 is 2.38 bits per heavy atom. The lowest BCUT2D eigenvalue weighted by Gasteiger charge is -2.21. The third-order valence-electron chi connectivity index (χ3n) is 5.41. The van der Waals surface area contributed by atoms with Crippen LogP contribution in [-0.4, -0.2) is 0 Å². The zero-order valence-electron chi connectivity index (χ0n) is 15.5. The van der Waals surface area contributed by atoms with Crippen LogP contribution >= 0.6 is 0 Å². The molecule has 0 heterocycles. The molecule has 0 nitrogen and oxygen atoms in total. The van der Waals surface area contributed by atoms with Crippen molar-refractivity contribution in [3.63, 3.8) is 0 Å². The second kappa shape index (κ2) is 7.74. The molecule has 0 fully saturated rings. The van der Waals surface area contributed by atoms with Gasteiger partial charge in [0.15, 0.2) is 0 Å². The highest BCUT2D eigenvalue weighted by molar-refractivity contribution is 5.97. The first-order valence-corrected chi connectivity index (χ1v) is 9.79. The Kier molecular flexibility index (Phi) is 5.02. The minimum absolute atomic E-state index is 0.554. The largest absolute Gasteiger partial charge is 0.0801 e. The average Bonchev–Trinajstić information content (AvgIpc) is 2.93. The van der Waals surface area contributed by atoms with Crippen LogP contribution < -0.4 is 0 Å². The number of rotatable bonds is 5. The van der Waals surface area contributed by atoms with Crippen molar-refractivity contribution in [1.29, 1.82) is 0 Å². The summed E-state index contributed by atoms with van der Waals surface area (Å²) in [6, 6.07) is 22.3. The number of hydrogen-bond acceptors (Lipinski definition) is 0. The SMILES string of the molecule is CCCC(Cc1ccccc1)c1cc2c(c3ccccc13)C=CCC=C2. The number of benzene rings is 3. The minimum Gasteiger partial charge on any atom is -0.0801 e. The van der Waals surface area contributed by atoms with E-state index in [2.05, 4.69) is 91.9 Å². The van der Waals surface area contributed by atoms with E-state index in [-0.39, 0.29) is 0 Å². The second-order valence-electron chi connectivity index (χ2n) is 7.23. The van der Waals surface area contributed by atoms with E-state index in [9.17, 15) is 0 Å². The van der Waals surface area contributed by atoms with Crippen LogP contribution in [0.1, 0.15) is 54.4 Å². The van der Waals surface area contributed by atoms with Gasteiger partial charge in [-0.1, -0.05) is 98.3 Å². The van der Waals surface area contributed by atoms with E-state index in [0.717, 1.165) is 12.8 Å². The molecular formula is C26H26. The first kappa shape index (κ1) is 16.8. The molecule has 0 saturated carbocycles. The van der Waals surface area contributed by atoms with Crippen molar-refractivity contribution in [3.8, 4) is 0 Å². The average molecular weight is 338 g/mol. The zero-order chi connectivity index (χ0) is 17.8. The Morgan fingerprint density at radius 1 is 0.846 bits per heavy atom. The van der Waals surface area contributed by atoms with Crippen LogP contribution in [0.3, 0.4) is 0 Å². The Balaban J connectivity index is 1.87. The van der Waals surface area contributed by atoms with Gasteiger partial charge < -0.3 is 0 Å². The van der Waals surface area contributed by atoms with Crippen molar-refractivity contribution in [1.82, 2.24) is 0 Å². The predicted molar refractivity (Wildman–Crippen MR) is 114 cm³/mol. The van der Waals surface area contributed by atoms with E-state index in [4.69, 9.17) is 0 Å². The number of allylic oxidation sites excluding steroid dienone is 2. The molecule has 1 aliphatic carbocycles. The Morgan fingerprint density at radius 2 is 1.58 bits per heavy atom. The van der Waals surface area contributed by atoms with E-state index in [1.165, 1.54) is 45.9 Å². The highest BCUT2D eigenvalue weighted by atomic mass is 14.2. The maximum absolute atomic E-state index is 2.45. The van der Waals surface area contributed by atoms with Crippen molar-refractivity contribution in [3.05, 3.63) is 95.1 Å². The first-order chi connectivity index (χ1) is 12.9. The van der Waals surface area contributed by atoms with E-state index in [1.54, 1.807) is 0 Å². The highest BCUT2D eigenvalue weighted by Crippen LogP contribution is 2.36. The minimum atomic E-state index is 0.554. The molecule has 1 unspecified atom stereocenters. The fraction of sp³-hybridized carbons (Fsp3) is 0.231. The standard InChI is InChI=1S/C26H26/c1-2-11-21(18-20-12-5-3-6-13-20)26-19-22-14-7-4-8-15-23(22)24-16-9-10-17-25(24)26/h3,5-10,12-17,19,21H,2,4,11,18H2,1H3. The molecule has 26 heavy (non-hydrogen) atoms. The van der Waals surface area contributed by atoms with E-state index in [1.807, 2.05) is 0 Å². The quantitative estimate of drug-likeness (QED) is 0.455. The van der Waals surface area contributed by atoms with Crippen LogP contribution in [0.4, 0.5) is 0 Å². The van der Waals surface area contributed by atoms with Gasteiger partial charge in [-0.05, 0) is 58.2 Å². The molecule has 0 radical (unpaired) electrons. The second-order valence-corrected chi connectivity index (χ2v) is 7.23. The fourth-order valence-corrected chi connectivity index (χ4v) is 4.18. The van der Waals surface area contributed by atoms with Gasteiger partial charge in [-0.25, -0.2) is 0 Å². The molecule has 0 heteroatoms. The van der Waals surface area contributed by atoms with Crippen LogP contribution in [0.2, 0.25) is 0 Å². The van der Waals surface area contributed by atoms with Gasteiger partial charge in [0.1, 0.15) is 0 Å². The summed E-state index contributed by atoms with van der Waals surface area (Å²) in [5.74, 6) is 0.554. The normalized spacial score (nSPS) is 14.2. The van der Waals surface area contributed by atoms with Crippen LogP contribution in [0, 0.1) is 0 Å². The van der Waals surface area contributed by atoms with Crippen molar-refractivity contribution >= 4 is 22.9 Å². The summed E-state index contributed by atoms with van der Waals surface area (Å²) >= 11 is 0. The first-order valence-electron chi connectivity index (χ1n) is 9.79. The van der Waals surface area contributed by atoms with E-state index in [0.29, 0.717) is 5.92 Å². The van der Waals surface area contributed by atoms with Crippen molar-refractivity contribution in [2.24, 2.45) is 0 Å². The molecule has 1 aliphatic rings. The summed E-state index contributed by atoms with van der Waals surface area (Å²) in [4.78, 5) is 0. The Bertz CT molecular complexity index is 944. The summed E-state index contributed by atoms with van der Waals surface area (Å²) in [5, 5.41) is 2.80. The molecule has 3 aromatic rings. The number of hydrogen-bond donors (Lipinski definition) is 0. The van der Waals surface area contributed by atoms with Gasteiger partial charge in [-0.2, -0.15) is 0 Å². The molecule has 0 aromatic heterocycles. The molecule has 0 N–H and O–H groups in total. The molecule has 1 atom stereocenters.